The first-order valence-electron chi connectivity index (χ1n) is 14.5. The molecule has 202 valence electrons. The van der Waals surface area contributed by atoms with Gasteiger partial charge in [0, 0.05) is 12.2 Å². The number of allylic oxidation sites excluding steroid dienone is 2. The highest BCUT2D eigenvalue weighted by atomic mass is 19.2. The minimum Gasteiger partial charge on any atom is -0.490 e. The van der Waals surface area contributed by atoms with Crippen LogP contribution in [-0.2, 0) is 4.74 Å². The van der Waals surface area contributed by atoms with E-state index in [0.29, 0.717) is 24.5 Å². The van der Waals surface area contributed by atoms with Crippen LogP contribution in [0.3, 0.4) is 0 Å². The molecule has 0 heterocycles. The molecule has 3 unspecified atom stereocenters. The zero-order chi connectivity index (χ0) is 25.5. The Morgan fingerprint density at radius 1 is 0.861 bits per heavy atom. The number of benzene rings is 1. The number of hydrogen-bond acceptors (Lipinski definition) is 3. The van der Waals surface area contributed by atoms with E-state index in [0.717, 1.165) is 37.2 Å². The van der Waals surface area contributed by atoms with Gasteiger partial charge in [-0.1, -0.05) is 12.2 Å². The Balaban J connectivity index is 1.14. The lowest BCUT2D eigenvalue weighted by atomic mass is 9.71. The Morgan fingerprint density at radius 3 is 2.22 bits per heavy atom. The van der Waals surface area contributed by atoms with Crippen molar-refractivity contribution in [1.82, 2.24) is 0 Å². The van der Waals surface area contributed by atoms with Crippen LogP contribution in [0.1, 0.15) is 103 Å². The van der Waals surface area contributed by atoms with E-state index in [1.54, 1.807) is 0 Å². The average Bonchev–Trinajstić information content (AvgIpc) is 2.90. The number of aliphatic hydroxyl groups excluding tert-OH is 1. The number of aliphatic hydroxyl groups is 1. The fraction of sp³-hybridized carbons (Fsp3) is 0.742. The molecule has 3 aliphatic carbocycles. The quantitative estimate of drug-likeness (QED) is 0.327. The highest BCUT2D eigenvalue weighted by molar-refractivity contribution is 5.32. The molecule has 0 spiro atoms. The van der Waals surface area contributed by atoms with Gasteiger partial charge in [0.1, 0.15) is 0 Å². The number of hydrogen-bond donors (Lipinski definition) is 1. The summed E-state index contributed by atoms with van der Waals surface area (Å²) in [4.78, 5) is 0. The van der Waals surface area contributed by atoms with E-state index in [1.807, 2.05) is 0 Å². The third-order valence-electron chi connectivity index (χ3n) is 9.14. The van der Waals surface area contributed by atoms with Gasteiger partial charge < -0.3 is 14.6 Å². The van der Waals surface area contributed by atoms with Gasteiger partial charge in [0.05, 0.1) is 18.8 Å². The van der Waals surface area contributed by atoms with Gasteiger partial charge in [-0.15, -0.1) is 0 Å². The van der Waals surface area contributed by atoms with E-state index in [2.05, 4.69) is 19.1 Å². The third kappa shape index (κ3) is 7.31. The molecule has 1 aromatic carbocycles. The zero-order valence-electron chi connectivity index (χ0n) is 22.3. The second kappa shape index (κ2) is 13.4. The van der Waals surface area contributed by atoms with Crippen LogP contribution in [0.2, 0.25) is 0 Å². The van der Waals surface area contributed by atoms with E-state index in [9.17, 15) is 13.9 Å². The van der Waals surface area contributed by atoms with Gasteiger partial charge in [0.15, 0.2) is 11.6 Å². The topological polar surface area (TPSA) is 38.7 Å². The molecular formula is C31H46F2O3. The molecule has 0 bridgehead atoms. The highest BCUT2D eigenvalue weighted by Crippen LogP contribution is 2.40. The van der Waals surface area contributed by atoms with Crippen LogP contribution in [0.25, 0.3) is 0 Å². The molecule has 36 heavy (non-hydrogen) atoms. The summed E-state index contributed by atoms with van der Waals surface area (Å²) < 4.78 is 39.9. The Bertz CT molecular complexity index is 838. The predicted octanol–water partition coefficient (Wildman–Crippen LogP) is 8.16. The van der Waals surface area contributed by atoms with Crippen molar-refractivity contribution in [2.24, 2.45) is 29.6 Å². The summed E-state index contributed by atoms with van der Waals surface area (Å²) in [5, 5.41) is 9.55. The molecule has 1 aromatic rings. The molecule has 5 heteroatoms. The first kappa shape index (κ1) is 27.6. The molecule has 0 saturated heterocycles. The maximum Gasteiger partial charge on any atom is 0.200 e. The minimum atomic E-state index is -1.04. The molecule has 0 aliphatic heterocycles. The Hall–Kier alpha value is -1.46. The van der Waals surface area contributed by atoms with Crippen molar-refractivity contribution in [3.63, 3.8) is 0 Å². The SMILES string of the molecule is CCOC1CCC(CCC2C=CC(C3CCC(COc4ccc(C(C)O)c(F)c4F)CC3)CC2)CC1. The first-order valence-corrected chi connectivity index (χ1v) is 14.5. The van der Waals surface area contributed by atoms with Crippen LogP contribution in [0, 0.1) is 41.2 Å². The monoisotopic (exact) mass is 504 g/mol. The summed E-state index contributed by atoms with van der Waals surface area (Å²) in [6.45, 7) is 4.79. The summed E-state index contributed by atoms with van der Waals surface area (Å²) in [6.07, 6.45) is 19.6. The number of ether oxygens (including phenoxy) is 2. The van der Waals surface area contributed by atoms with Crippen LogP contribution in [-0.4, -0.2) is 24.4 Å². The summed E-state index contributed by atoms with van der Waals surface area (Å²) in [7, 11) is 0. The molecule has 2 fully saturated rings. The molecule has 0 aromatic heterocycles. The van der Waals surface area contributed by atoms with Crippen molar-refractivity contribution < 1.29 is 23.4 Å². The third-order valence-corrected chi connectivity index (χ3v) is 9.14. The van der Waals surface area contributed by atoms with Crippen molar-refractivity contribution in [2.45, 2.75) is 103 Å². The summed E-state index contributed by atoms with van der Waals surface area (Å²) >= 11 is 0. The number of rotatable bonds is 10. The van der Waals surface area contributed by atoms with Gasteiger partial charge in [-0.25, -0.2) is 4.39 Å². The predicted molar refractivity (Wildman–Crippen MR) is 140 cm³/mol. The lowest BCUT2D eigenvalue weighted by molar-refractivity contribution is 0.0242. The molecule has 3 atom stereocenters. The Kier molecular flexibility index (Phi) is 10.2. The van der Waals surface area contributed by atoms with E-state index in [-0.39, 0.29) is 11.3 Å². The molecule has 0 radical (unpaired) electrons. The lowest BCUT2D eigenvalue weighted by Crippen LogP contribution is -2.26. The number of halogens is 2. The van der Waals surface area contributed by atoms with Crippen LogP contribution in [0.15, 0.2) is 24.3 Å². The van der Waals surface area contributed by atoms with Gasteiger partial charge in [0.2, 0.25) is 5.82 Å². The summed E-state index contributed by atoms with van der Waals surface area (Å²) in [6, 6.07) is 2.84. The lowest BCUT2D eigenvalue weighted by Gasteiger charge is -2.35. The fourth-order valence-electron chi connectivity index (χ4n) is 6.78. The molecular weight excluding hydrogens is 458 g/mol. The fourth-order valence-corrected chi connectivity index (χ4v) is 6.78. The van der Waals surface area contributed by atoms with Crippen LogP contribution in [0.4, 0.5) is 8.78 Å². The second-order valence-electron chi connectivity index (χ2n) is 11.6. The van der Waals surface area contributed by atoms with Gasteiger partial charge in [-0.3, -0.25) is 0 Å². The van der Waals surface area contributed by atoms with Crippen LogP contribution >= 0.6 is 0 Å². The highest BCUT2D eigenvalue weighted by Gasteiger charge is 2.29. The second-order valence-corrected chi connectivity index (χ2v) is 11.6. The average molecular weight is 505 g/mol. The van der Waals surface area contributed by atoms with Crippen molar-refractivity contribution in [3.05, 3.63) is 41.5 Å². The summed E-state index contributed by atoms with van der Waals surface area (Å²) in [5.41, 5.74) is -0.0345. The van der Waals surface area contributed by atoms with Gasteiger partial charge in [-0.05, 0) is 133 Å². The van der Waals surface area contributed by atoms with E-state index in [4.69, 9.17) is 9.47 Å². The molecule has 3 nitrogen and oxygen atoms in total. The molecule has 4 rings (SSSR count). The maximum atomic E-state index is 14.3. The summed E-state index contributed by atoms with van der Waals surface area (Å²) in [5.74, 6) is 1.42. The van der Waals surface area contributed by atoms with Crippen molar-refractivity contribution >= 4 is 0 Å². The van der Waals surface area contributed by atoms with Crippen LogP contribution in [0.5, 0.6) is 5.75 Å². The Labute approximate surface area is 216 Å². The largest absolute Gasteiger partial charge is 0.490 e. The van der Waals surface area contributed by atoms with E-state index < -0.39 is 17.7 Å². The maximum absolute atomic E-state index is 14.3. The zero-order valence-corrected chi connectivity index (χ0v) is 22.3. The van der Waals surface area contributed by atoms with Gasteiger partial charge in [0.25, 0.3) is 0 Å². The Morgan fingerprint density at radius 2 is 1.58 bits per heavy atom. The minimum absolute atomic E-state index is 0.0345. The van der Waals surface area contributed by atoms with Crippen LogP contribution < -0.4 is 4.74 Å². The molecule has 1 N–H and O–H groups in total. The molecule has 3 aliphatic rings. The molecule has 2 saturated carbocycles. The van der Waals surface area contributed by atoms with Gasteiger partial charge in [-0.2, -0.15) is 4.39 Å². The normalized spacial score (nSPS) is 31.8. The van der Waals surface area contributed by atoms with Crippen molar-refractivity contribution in [3.8, 4) is 5.75 Å². The first-order chi connectivity index (χ1) is 17.4. The van der Waals surface area contributed by atoms with E-state index >= 15 is 0 Å². The smallest absolute Gasteiger partial charge is 0.200 e. The van der Waals surface area contributed by atoms with Gasteiger partial charge >= 0.3 is 0 Å². The van der Waals surface area contributed by atoms with Crippen molar-refractivity contribution in [2.75, 3.05) is 13.2 Å². The standard InChI is InChI=1S/C31H46F2O3/c1-3-35-27-16-10-23(11-17-27)5-4-22-6-12-25(13-7-22)26-14-8-24(9-15-26)20-36-29-19-18-28(21(2)34)30(32)31(29)33/h6,12,18-19,21-27,34H,3-5,7-11,13-17,20H2,1-2H3. The van der Waals surface area contributed by atoms with E-state index in [1.165, 1.54) is 83.3 Å². The van der Waals surface area contributed by atoms with Crippen molar-refractivity contribution in [1.29, 1.82) is 0 Å². The molecule has 0 amide bonds.